The smallest absolute Gasteiger partial charge is 0.0674 e. The van der Waals surface area contributed by atoms with E-state index in [1.165, 1.54) is 9.13 Å². The summed E-state index contributed by atoms with van der Waals surface area (Å²) in [4.78, 5) is 0. The molecule has 0 radical (unpaired) electrons. The van der Waals surface area contributed by atoms with E-state index in [1.54, 1.807) is 0 Å². The Morgan fingerprint density at radius 1 is 1.10 bits per heavy atom. The van der Waals surface area contributed by atoms with E-state index in [-0.39, 0.29) is 0 Å². The SMILES string of the molecule is Clc1cc(Br)ccc1Cn1cc(-c2ccc(I)cc2)cn1. The first-order chi connectivity index (χ1) is 10.1. The van der Waals surface area contributed by atoms with Crippen molar-refractivity contribution in [2.45, 2.75) is 6.54 Å². The molecule has 0 spiro atoms. The molecular weight excluding hydrogens is 462 g/mol. The summed E-state index contributed by atoms with van der Waals surface area (Å²) in [6.07, 6.45) is 3.93. The molecular formula is C16H11BrClIN2. The molecule has 0 aliphatic rings. The van der Waals surface area contributed by atoms with E-state index in [1.807, 2.05) is 35.3 Å². The van der Waals surface area contributed by atoms with Crippen LogP contribution in [0.1, 0.15) is 5.56 Å². The molecule has 106 valence electrons. The minimum Gasteiger partial charge on any atom is -0.268 e. The van der Waals surface area contributed by atoms with Gasteiger partial charge in [0, 0.05) is 24.8 Å². The highest BCUT2D eigenvalue weighted by Crippen LogP contribution is 2.23. The molecule has 0 bridgehead atoms. The van der Waals surface area contributed by atoms with Gasteiger partial charge in [-0.3, -0.25) is 4.68 Å². The number of rotatable bonds is 3. The molecule has 2 nitrogen and oxygen atoms in total. The molecule has 5 heteroatoms. The topological polar surface area (TPSA) is 17.8 Å². The molecule has 2 aromatic carbocycles. The van der Waals surface area contributed by atoms with Crippen molar-refractivity contribution in [2.75, 3.05) is 0 Å². The van der Waals surface area contributed by atoms with Crippen molar-refractivity contribution in [1.29, 1.82) is 0 Å². The van der Waals surface area contributed by atoms with Gasteiger partial charge in [-0.15, -0.1) is 0 Å². The van der Waals surface area contributed by atoms with Gasteiger partial charge in [0.05, 0.1) is 12.7 Å². The molecule has 21 heavy (non-hydrogen) atoms. The second-order valence-corrected chi connectivity index (χ2v) is 7.24. The normalized spacial score (nSPS) is 10.8. The molecule has 0 N–H and O–H groups in total. The van der Waals surface area contributed by atoms with Crippen LogP contribution in [-0.4, -0.2) is 9.78 Å². The van der Waals surface area contributed by atoms with Crippen molar-refractivity contribution in [2.24, 2.45) is 0 Å². The number of aromatic nitrogens is 2. The Morgan fingerprint density at radius 3 is 2.57 bits per heavy atom. The van der Waals surface area contributed by atoms with Gasteiger partial charge in [0.2, 0.25) is 0 Å². The van der Waals surface area contributed by atoms with Crippen molar-refractivity contribution in [3.05, 3.63) is 73.5 Å². The van der Waals surface area contributed by atoms with E-state index in [0.29, 0.717) is 6.54 Å². The number of nitrogens with zero attached hydrogens (tertiary/aromatic N) is 2. The number of hydrogen-bond acceptors (Lipinski definition) is 1. The second-order valence-electron chi connectivity index (χ2n) is 4.67. The van der Waals surface area contributed by atoms with Crippen LogP contribution in [0.5, 0.6) is 0 Å². The maximum atomic E-state index is 6.25. The van der Waals surface area contributed by atoms with Gasteiger partial charge in [-0.1, -0.05) is 45.7 Å². The highest BCUT2D eigenvalue weighted by atomic mass is 127. The van der Waals surface area contributed by atoms with Crippen molar-refractivity contribution in [1.82, 2.24) is 9.78 Å². The Bertz CT molecular complexity index is 768. The van der Waals surface area contributed by atoms with Crippen molar-refractivity contribution in [3.63, 3.8) is 0 Å². The molecule has 3 rings (SSSR count). The summed E-state index contributed by atoms with van der Waals surface area (Å²) in [6.45, 7) is 0.663. The van der Waals surface area contributed by atoms with Crippen molar-refractivity contribution in [3.8, 4) is 11.1 Å². The Balaban J connectivity index is 1.83. The quantitative estimate of drug-likeness (QED) is 0.452. The number of benzene rings is 2. The van der Waals surface area contributed by atoms with Crippen LogP contribution in [0, 0.1) is 3.57 Å². The molecule has 1 heterocycles. The predicted octanol–water partition coefficient (Wildman–Crippen LogP) is 5.62. The van der Waals surface area contributed by atoms with Gasteiger partial charge < -0.3 is 0 Å². The fourth-order valence-electron chi connectivity index (χ4n) is 2.07. The van der Waals surface area contributed by atoms with Gasteiger partial charge >= 0.3 is 0 Å². The van der Waals surface area contributed by atoms with Crippen LogP contribution in [0.4, 0.5) is 0 Å². The third-order valence-corrected chi connectivity index (χ3v) is 4.72. The van der Waals surface area contributed by atoms with Crippen LogP contribution < -0.4 is 0 Å². The van der Waals surface area contributed by atoms with Crippen LogP contribution in [0.3, 0.4) is 0 Å². The van der Waals surface area contributed by atoms with Crippen LogP contribution in [0.25, 0.3) is 11.1 Å². The zero-order chi connectivity index (χ0) is 14.8. The zero-order valence-electron chi connectivity index (χ0n) is 10.9. The van der Waals surface area contributed by atoms with Gasteiger partial charge in [0.1, 0.15) is 0 Å². The van der Waals surface area contributed by atoms with Gasteiger partial charge in [-0.25, -0.2) is 0 Å². The highest BCUT2D eigenvalue weighted by molar-refractivity contribution is 14.1. The average Bonchev–Trinajstić information content (AvgIpc) is 2.91. The van der Waals surface area contributed by atoms with Crippen LogP contribution >= 0.6 is 50.1 Å². The zero-order valence-corrected chi connectivity index (χ0v) is 15.4. The van der Waals surface area contributed by atoms with Gasteiger partial charge in [-0.05, 0) is 58.0 Å². The molecule has 0 unspecified atom stereocenters. The summed E-state index contributed by atoms with van der Waals surface area (Å²) < 4.78 is 4.12. The monoisotopic (exact) mass is 472 g/mol. The van der Waals surface area contributed by atoms with E-state index in [9.17, 15) is 0 Å². The van der Waals surface area contributed by atoms with Crippen LogP contribution in [-0.2, 0) is 6.54 Å². The highest BCUT2D eigenvalue weighted by Gasteiger charge is 2.05. The fourth-order valence-corrected chi connectivity index (χ4v) is 3.16. The lowest BCUT2D eigenvalue weighted by Crippen LogP contribution is -2.00. The van der Waals surface area contributed by atoms with Gasteiger partial charge in [0.25, 0.3) is 0 Å². The summed E-state index contributed by atoms with van der Waals surface area (Å²) in [5, 5.41) is 5.16. The molecule has 0 aliphatic carbocycles. The molecule has 1 aromatic heterocycles. The van der Waals surface area contributed by atoms with Crippen LogP contribution in [0.2, 0.25) is 5.02 Å². The lowest BCUT2D eigenvalue weighted by Gasteiger charge is -2.05. The molecule has 0 amide bonds. The largest absolute Gasteiger partial charge is 0.268 e. The maximum Gasteiger partial charge on any atom is 0.0674 e. The molecule has 0 aliphatic heterocycles. The first kappa shape index (κ1) is 15.1. The molecule has 3 aromatic rings. The molecule has 0 saturated heterocycles. The summed E-state index contributed by atoms with van der Waals surface area (Å²) in [6, 6.07) is 14.3. The summed E-state index contributed by atoms with van der Waals surface area (Å²) in [5.74, 6) is 0. The van der Waals surface area contributed by atoms with E-state index in [4.69, 9.17) is 11.6 Å². The Kier molecular flexibility index (Phi) is 4.66. The molecule has 0 atom stereocenters. The number of halogens is 3. The minimum atomic E-state index is 0.663. The standard InChI is InChI=1S/C16H11BrClIN2/c17-14-4-1-12(16(18)7-14)9-21-10-13(8-20-21)11-2-5-15(19)6-3-11/h1-8,10H,9H2. The maximum absolute atomic E-state index is 6.25. The molecule has 0 fully saturated rings. The second kappa shape index (κ2) is 6.50. The van der Waals surface area contributed by atoms with Gasteiger partial charge in [0.15, 0.2) is 0 Å². The third-order valence-electron chi connectivity index (χ3n) is 3.16. The van der Waals surface area contributed by atoms with E-state index in [2.05, 4.69) is 67.9 Å². The summed E-state index contributed by atoms with van der Waals surface area (Å²) in [7, 11) is 0. The Labute approximate surface area is 150 Å². The first-order valence-electron chi connectivity index (χ1n) is 6.34. The third kappa shape index (κ3) is 3.67. The van der Waals surface area contributed by atoms with Crippen molar-refractivity contribution >= 4 is 50.1 Å². The van der Waals surface area contributed by atoms with Crippen LogP contribution in [0.15, 0.2) is 59.3 Å². The van der Waals surface area contributed by atoms with Crippen molar-refractivity contribution < 1.29 is 0 Å². The van der Waals surface area contributed by atoms with E-state index in [0.717, 1.165) is 20.6 Å². The predicted molar refractivity (Wildman–Crippen MR) is 98.6 cm³/mol. The lowest BCUT2D eigenvalue weighted by molar-refractivity contribution is 0.687. The first-order valence-corrected chi connectivity index (χ1v) is 8.59. The molecule has 0 saturated carbocycles. The Morgan fingerprint density at radius 2 is 1.86 bits per heavy atom. The minimum absolute atomic E-state index is 0.663. The number of hydrogen-bond donors (Lipinski definition) is 0. The van der Waals surface area contributed by atoms with E-state index < -0.39 is 0 Å². The lowest BCUT2D eigenvalue weighted by atomic mass is 10.1. The Hall–Kier alpha value is -0.850. The average molecular weight is 474 g/mol. The summed E-state index contributed by atoms with van der Waals surface area (Å²) >= 11 is 12.0. The fraction of sp³-hybridized carbons (Fsp3) is 0.0625. The van der Waals surface area contributed by atoms with Gasteiger partial charge in [-0.2, -0.15) is 5.10 Å². The van der Waals surface area contributed by atoms with E-state index >= 15 is 0 Å². The summed E-state index contributed by atoms with van der Waals surface area (Å²) in [5.41, 5.74) is 3.33.